The molecule has 0 aliphatic carbocycles. The fourth-order valence-electron chi connectivity index (χ4n) is 2.11. The molecule has 0 aromatic rings. The molecule has 1 heterocycles. The number of nitrogens with zero attached hydrogens (tertiary/aromatic N) is 2. The van der Waals surface area contributed by atoms with Crippen LogP contribution in [-0.4, -0.2) is 59.4 Å². The van der Waals surface area contributed by atoms with Gasteiger partial charge in [-0.2, -0.15) is 0 Å². The number of carbonyl (C=O) groups is 3. The SMILES string of the molecule is CCC1(C(=O)O)CCN(C(=O)CN(C)C(C)=O)C1. The van der Waals surface area contributed by atoms with Gasteiger partial charge in [0, 0.05) is 27.1 Å². The Bertz CT molecular complexity index is 369. The Hall–Kier alpha value is -1.59. The Kier molecular flexibility index (Phi) is 4.32. The minimum Gasteiger partial charge on any atom is -0.481 e. The first-order chi connectivity index (χ1) is 8.32. The minimum absolute atomic E-state index is 0.00868. The van der Waals surface area contributed by atoms with Crippen molar-refractivity contribution in [3.8, 4) is 0 Å². The first kappa shape index (κ1) is 14.5. The lowest BCUT2D eigenvalue weighted by Gasteiger charge is -2.24. The zero-order chi connectivity index (χ0) is 13.9. The van der Waals surface area contributed by atoms with Crippen LogP contribution >= 0.6 is 0 Å². The summed E-state index contributed by atoms with van der Waals surface area (Å²) in [4.78, 5) is 37.1. The summed E-state index contributed by atoms with van der Waals surface area (Å²) in [5.74, 6) is -1.22. The highest BCUT2D eigenvalue weighted by Crippen LogP contribution is 2.34. The molecule has 1 saturated heterocycles. The summed E-state index contributed by atoms with van der Waals surface area (Å²) in [6.07, 6.45) is 0.989. The number of likely N-dealkylation sites (N-methyl/N-ethyl adjacent to an activating group) is 1. The predicted molar refractivity (Wildman–Crippen MR) is 64.9 cm³/mol. The van der Waals surface area contributed by atoms with Gasteiger partial charge in [0.25, 0.3) is 0 Å². The first-order valence-corrected chi connectivity index (χ1v) is 6.05. The van der Waals surface area contributed by atoms with Crippen molar-refractivity contribution < 1.29 is 19.5 Å². The van der Waals surface area contributed by atoms with E-state index in [0.29, 0.717) is 19.4 Å². The van der Waals surface area contributed by atoms with Gasteiger partial charge in [-0.05, 0) is 12.8 Å². The van der Waals surface area contributed by atoms with E-state index in [1.54, 1.807) is 7.05 Å². The average molecular weight is 256 g/mol. The lowest BCUT2D eigenvalue weighted by atomic mass is 9.84. The van der Waals surface area contributed by atoms with Crippen LogP contribution in [0.15, 0.2) is 0 Å². The maximum atomic E-state index is 11.9. The number of carboxylic acid groups (broad SMARTS) is 1. The third-order valence-corrected chi connectivity index (χ3v) is 3.75. The molecule has 0 aromatic carbocycles. The molecule has 0 radical (unpaired) electrons. The van der Waals surface area contributed by atoms with Gasteiger partial charge in [0.15, 0.2) is 0 Å². The van der Waals surface area contributed by atoms with Crippen LogP contribution in [0.2, 0.25) is 0 Å². The second kappa shape index (κ2) is 5.37. The van der Waals surface area contributed by atoms with Gasteiger partial charge in [-0.15, -0.1) is 0 Å². The van der Waals surface area contributed by atoms with E-state index in [0.717, 1.165) is 0 Å². The van der Waals surface area contributed by atoms with Crippen molar-refractivity contribution in [3.63, 3.8) is 0 Å². The number of aliphatic carboxylic acids is 1. The van der Waals surface area contributed by atoms with Crippen LogP contribution in [0.25, 0.3) is 0 Å². The molecule has 18 heavy (non-hydrogen) atoms. The van der Waals surface area contributed by atoms with Gasteiger partial charge in [0.1, 0.15) is 0 Å². The Balaban J connectivity index is 2.64. The van der Waals surface area contributed by atoms with Crippen molar-refractivity contribution in [1.29, 1.82) is 0 Å². The van der Waals surface area contributed by atoms with Gasteiger partial charge in [-0.1, -0.05) is 6.92 Å². The Morgan fingerprint density at radius 1 is 1.39 bits per heavy atom. The van der Waals surface area contributed by atoms with E-state index in [4.69, 9.17) is 0 Å². The Morgan fingerprint density at radius 3 is 2.39 bits per heavy atom. The molecule has 6 heteroatoms. The highest BCUT2D eigenvalue weighted by atomic mass is 16.4. The van der Waals surface area contributed by atoms with E-state index < -0.39 is 11.4 Å². The maximum absolute atomic E-state index is 11.9. The molecule has 0 saturated carbocycles. The van der Waals surface area contributed by atoms with Crippen molar-refractivity contribution in [2.24, 2.45) is 5.41 Å². The molecule has 1 aliphatic rings. The molecule has 1 aliphatic heterocycles. The van der Waals surface area contributed by atoms with Gasteiger partial charge >= 0.3 is 5.97 Å². The fourth-order valence-corrected chi connectivity index (χ4v) is 2.11. The second-order valence-electron chi connectivity index (χ2n) is 4.88. The number of carboxylic acids is 1. The van der Waals surface area contributed by atoms with Crippen LogP contribution in [-0.2, 0) is 14.4 Å². The van der Waals surface area contributed by atoms with Crippen LogP contribution in [0.3, 0.4) is 0 Å². The summed E-state index contributed by atoms with van der Waals surface area (Å²) < 4.78 is 0. The van der Waals surface area contributed by atoms with Crippen molar-refractivity contribution in [3.05, 3.63) is 0 Å². The lowest BCUT2D eigenvalue weighted by Crippen LogP contribution is -2.41. The topological polar surface area (TPSA) is 77.9 Å². The number of likely N-dealkylation sites (tertiary alicyclic amines) is 1. The summed E-state index contributed by atoms with van der Waals surface area (Å²) in [7, 11) is 1.56. The highest BCUT2D eigenvalue weighted by Gasteiger charge is 2.44. The second-order valence-corrected chi connectivity index (χ2v) is 4.88. The molecule has 1 atom stereocenters. The quantitative estimate of drug-likeness (QED) is 0.778. The number of hydrogen-bond donors (Lipinski definition) is 1. The summed E-state index contributed by atoms with van der Waals surface area (Å²) >= 11 is 0. The zero-order valence-corrected chi connectivity index (χ0v) is 11.1. The van der Waals surface area contributed by atoms with Gasteiger partial charge in [-0.25, -0.2) is 0 Å². The van der Waals surface area contributed by atoms with Crippen molar-refractivity contribution in [2.75, 3.05) is 26.7 Å². The fraction of sp³-hybridized carbons (Fsp3) is 0.750. The van der Waals surface area contributed by atoms with Crippen molar-refractivity contribution in [1.82, 2.24) is 9.80 Å². The molecular formula is C12H20N2O4. The highest BCUT2D eigenvalue weighted by molar-refractivity contribution is 5.85. The molecule has 0 spiro atoms. The van der Waals surface area contributed by atoms with Gasteiger partial charge in [0.05, 0.1) is 12.0 Å². The zero-order valence-electron chi connectivity index (χ0n) is 11.1. The van der Waals surface area contributed by atoms with Crippen LogP contribution in [0.5, 0.6) is 0 Å². The number of amides is 2. The number of carbonyl (C=O) groups excluding carboxylic acids is 2. The van der Waals surface area contributed by atoms with Gasteiger partial charge in [-0.3, -0.25) is 14.4 Å². The molecule has 102 valence electrons. The molecule has 1 rings (SSSR count). The Labute approximate surface area is 107 Å². The predicted octanol–water partition coefficient (Wildman–Crippen LogP) is 0.178. The van der Waals surface area contributed by atoms with Gasteiger partial charge < -0.3 is 14.9 Å². The summed E-state index contributed by atoms with van der Waals surface area (Å²) in [6.45, 7) is 3.91. The number of rotatable bonds is 4. The molecular weight excluding hydrogens is 236 g/mol. The number of hydrogen-bond acceptors (Lipinski definition) is 3. The third kappa shape index (κ3) is 2.80. The summed E-state index contributed by atoms with van der Waals surface area (Å²) in [6, 6.07) is 0. The standard InChI is InChI=1S/C12H20N2O4/c1-4-12(11(17)18)5-6-14(8-12)10(16)7-13(3)9(2)15/h4-8H2,1-3H3,(H,17,18). The first-order valence-electron chi connectivity index (χ1n) is 6.05. The van der Waals surface area contributed by atoms with E-state index in [9.17, 15) is 19.5 Å². The van der Waals surface area contributed by atoms with Crippen LogP contribution in [0, 0.1) is 5.41 Å². The largest absolute Gasteiger partial charge is 0.481 e. The summed E-state index contributed by atoms with van der Waals surface area (Å²) in [5.41, 5.74) is -0.815. The van der Waals surface area contributed by atoms with Crippen molar-refractivity contribution in [2.45, 2.75) is 26.7 Å². The molecule has 0 bridgehead atoms. The molecule has 1 N–H and O–H groups in total. The summed E-state index contributed by atoms with van der Waals surface area (Å²) in [5, 5.41) is 9.23. The maximum Gasteiger partial charge on any atom is 0.311 e. The van der Waals surface area contributed by atoms with E-state index in [1.807, 2.05) is 6.92 Å². The van der Waals surface area contributed by atoms with Crippen LogP contribution in [0.1, 0.15) is 26.7 Å². The van der Waals surface area contributed by atoms with E-state index in [-0.39, 0.29) is 24.9 Å². The van der Waals surface area contributed by atoms with E-state index in [2.05, 4.69) is 0 Å². The minimum atomic E-state index is -0.847. The van der Waals surface area contributed by atoms with Gasteiger partial charge in [0.2, 0.25) is 11.8 Å². The van der Waals surface area contributed by atoms with Crippen LogP contribution in [0.4, 0.5) is 0 Å². The molecule has 2 amide bonds. The molecule has 0 aromatic heterocycles. The van der Waals surface area contributed by atoms with Crippen LogP contribution < -0.4 is 0 Å². The lowest BCUT2D eigenvalue weighted by molar-refractivity contribution is -0.149. The normalized spacial score (nSPS) is 22.9. The smallest absolute Gasteiger partial charge is 0.311 e. The monoisotopic (exact) mass is 256 g/mol. The molecule has 1 unspecified atom stereocenters. The average Bonchev–Trinajstić information content (AvgIpc) is 2.74. The molecule has 1 fully saturated rings. The Morgan fingerprint density at radius 2 is 2.00 bits per heavy atom. The molecule has 6 nitrogen and oxygen atoms in total. The third-order valence-electron chi connectivity index (χ3n) is 3.75. The van der Waals surface area contributed by atoms with E-state index >= 15 is 0 Å². The van der Waals surface area contributed by atoms with E-state index in [1.165, 1.54) is 16.7 Å². The van der Waals surface area contributed by atoms with Crippen molar-refractivity contribution >= 4 is 17.8 Å².